The zero-order chi connectivity index (χ0) is 15.5. The summed E-state index contributed by atoms with van der Waals surface area (Å²) in [7, 11) is 0. The lowest BCUT2D eigenvalue weighted by atomic mass is 9.73. The second-order valence-electron chi connectivity index (χ2n) is 5.76. The maximum atomic E-state index is 13.3. The lowest BCUT2D eigenvalue weighted by molar-refractivity contribution is -0.199. The van der Waals surface area contributed by atoms with E-state index in [0.717, 1.165) is 18.5 Å². The van der Waals surface area contributed by atoms with Crippen molar-refractivity contribution in [1.82, 2.24) is 15.1 Å². The zero-order valence-electron chi connectivity index (χ0n) is 12.7. The van der Waals surface area contributed by atoms with Gasteiger partial charge < -0.3 is 5.32 Å². The fourth-order valence-electron chi connectivity index (χ4n) is 3.41. The summed E-state index contributed by atoms with van der Waals surface area (Å²) in [5, 5.41) is 7.47. The highest BCUT2D eigenvalue weighted by Gasteiger charge is 2.48. The Bertz CT molecular complexity index is 442. The average molecular weight is 303 g/mol. The number of nitrogens with one attached hydrogen (secondary N) is 1. The van der Waals surface area contributed by atoms with E-state index in [2.05, 4.69) is 10.4 Å². The summed E-state index contributed by atoms with van der Waals surface area (Å²) in [4.78, 5) is 0. The number of rotatable bonds is 5. The molecule has 1 aliphatic carbocycles. The van der Waals surface area contributed by atoms with Gasteiger partial charge in [0.05, 0.1) is 12.1 Å². The van der Waals surface area contributed by atoms with Gasteiger partial charge >= 0.3 is 6.18 Å². The molecule has 6 heteroatoms. The van der Waals surface area contributed by atoms with Crippen molar-refractivity contribution >= 4 is 0 Å². The van der Waals surface area contributed by atoms with Crippen LogP contribution in [0.3, 0.4) is 0 Å². The number of aryl methyl sites for hydroxylation is 1. The molecule has 1 N–H and O–H groups in total. The van der Waals surface area contributed by atoms with Crippen LogP contribution >= 0.6 is 0 Å². The van der Waals surface area contributed by atoms with Crippen LogP contribution in [-0.4, -0.2) is 22.5 Å². The van der Waals surface area contributed by atoms with Gasteiger partial charge in [-0.3, -0.25) is 4.68 Å². The Morgan fingerprint density at radius 1 is 1.33 bits per heavy atom. The third-order valence-electron chi connectivity index (χ3n) is 4.43. The van der Waals surface area contributed by atoms with Gasteiger partial charge in [-0.05, 0) is 32.2 Å². The quantitative estimate of drug-likeness (QED) is 0.893. The maximum Gasteiger partial charge on any atom is 0.392 e. The van der Waals surface area contributed by atoms with E-state index in [0.29, 0.717) is 19.4 Å². The van der Waals surface area contributed by atoms with E-state index in [4.69, 9.17) is 0 Å². The largest absolute Gasteiger partial charge is 0.392 e. The number of nitrogens with zero attached hydrogens (tertiary/aromatic N) is 2. The molecule has 0 radical (unpaired) electrons. The standard InChI is InChI=1S/C15H24F3N3/c1-3-19-14(11-9-20-21(4-2)10-11)12-7-5-6-8-13(12)15(16,17)18/h9-10,12-14,19H,3-8H2,1-2H3. The molecule has 0 spiro atoms. The Morgan fingerprint density at radius 3 is 2.62 bits per heavy atom. The minimum atomic E-state index is -4.11. The summed E-state index contributed by atoms with van der Waals surface area (Å²) in [6.07, 6.45) is 1.89. The van der Waals surface area contributed by atoms with Crippen molar-refractivity contribution < 1.29 is 13.2 Å². The lowest BCUT2D eigenvalue weighted by Gasteiger charge is -2.38. The number of hydrogen-bond acceptors (Lipinski definition) is 2. The Hall–Kier alpha value is -1.04. The summed E-state index contributed by atoms with van der Waals surface area (Å²) in [5.41, 5.74) is 0.875. The number of aromatic nitrogens is 2. The van der Waals surface area contributed by atoms with Gasteiger partial charge in [0.15, 0.2) is 0 Å². The van der Waals surface area contributed by atoms with Crippen molar-refractivity contribution in [2.75, 3.05) is 6.54 Å². The molecule has 1 aliphatic rings. The van der Waals surface area contributed by atoms with Crippen LogP contribution in [0.1, 0.15) is 51.1 Å². The van der Waals surface area contributed by atoms with Crippen molar-refractivity contribution in [1.29, 1.82) is 0 Å². The predicted molar refractivity (Wildman–Crippen MR) is 75.8 cm³/mol. The molecule has 21 heavy (non-hydrogen) atoms. The average Bonchev–Trinajstić information content (AvgIpc) is 2.92. The first-order chi connectivity index (χ1) is 9.97. The topological polar surface area (TPSA) is 29.9 Å². The van der Waals surface area contributed by atoms with Crippen molar-refractivity contribution in [3.05, 3.63) is 18.0 Å². The molecule has 0 bridgehead atoms. The summed E-state index contributed by atoms with van der Waals surface area (Å²) < 4.78 is 41.8. The normalized spacial score (nSPS) is 25.0. The Labute approximate surface area is 123 Å². The van der Waals surface area contributed by atoms with E-state index in [1.807, 2.05) is 20.0 Å². The van der Waals surface area contributed by atoms with Crippen LogP contribution < -0.4 is 5.32 Å². The zero-order valence-corrected chi connectivity index (χ0v) is 12.7. The van der Waals surface area contributed by atoms with Gasteiger partial charge in [-0.15, -0.1) is 0 Å². The highest BCUT2D eigenvalue weighted by atomic mass is 19.4. The van der Waals surface area contributed by atoms with Crippen molar-refractivity contribution in [2.24, 2.45) is 11.8 Å². The predicted octanol–water partition coefficient (Wildman–Crippen LogP) is 3.92. The fourth-order valence-corrected chi connectivity index (χ4v) is 3.41. The first kappa shape index (κ1) is 16.3. The molecule has 1 aromatic heterocycles. The second-order valence-corrected chi connectivity index (χ2v) is 5.76. The molecule has 1 fully saturated rings. The molecule has 0 saturated heterocycles. The molecular formula is C15H24F3N3. The van der Waals surface area contributed by atoms with Crippen LogP contribution in [0, 0.1) is 11.8 Å². The van der Waals surface area contributed by atoms with E-state index in [1.54, 1.807) is 10.9 Å². The van der Waals surface area contributed by atoms with Crippen LogP contribution in [0.4, 0.5) is 13.2 Å². The van der Waals surface area contributed by atoms with E-state index >= 15 is 0 Å². The maximum absolute atomic E-state index is 13.3. The summed E-state index contributed by atoms with van der Waals surface area (Å²) in [6.45, 7) is 5.29. The van der Waals surface area contributed by atoms with Gasteiger partial charge in [0.1, 0.15) is 0 Å². The van der Waals surface area contributed by atoms with Gasteiger partial charge in [-0.25, -0.2) is 0 Å². The van der Waals surface area contributed by atoms with E-state index in [9.17, 15) is 13.2 Å². The molecule has 1 saturated carbocycles. The van der Waals surface area contributed by atoms with Crippen LogP contribution in [-0.2, 0) is 6.54 Å². The third-order valence-corrected chi connectivity index (χ3v) is 4.43. The minimum Gasteiger partial charge on any atom is -0.310 e. The molecule has 120 valence electrons. The molecule has 0 amide bonds. The van der Waals surface area contributed by atoms with Crippen LogP contribution in [0.5, 0.6) is 0 Å². The third kappa shape index (κ3) is 3.78. The SMILES string of the molecule is CCNC(c1cnn(CC)c1)C1CCCCC1C(F)(F)F. The molecule has 2 rings (SSSR count). The van der Waals surface area contributed by atoms with Gasteiger partial charge in [0.25, 0.3) is 0 Å². The van der Waals surface area contributed by atoms with Crippen LogP contribution in [0.2, 0.25) is 0 Å². The highest BCUT2D eigenvalue weighted by Crippen LogP contribution is 2.46. The van der Waals surface area contributed by atoms with Gasteiger partial charge in [-0.1, -0.05) is 19.8 Å². The van der Waals surface area contributed by atoms with Crippen molar-refractivity contribution in [3.8, 4) is 0 Å². The number of hydrogen-bond donors (Lipinski definition) is 1. The summed E-state index contributed by atoms with van der Waals surface area (Å²) in [5.74, 6) is -1.60. The van der Waals surface area contributed by atoms with Crippen LogP contribution in [0.25, 0.3) is 0 Å². The molecule has 1 aromatic rings. The second kappa shape index (κ2) is 6.81. The number of alkyl halides is 3. The molecule has 1 heterocycles. The van der Waals surface area contributed by atoms with E-state index in [1.165, 1.54) is 0 Å². The smallest absolute Gasteiger partial charge is 0.310 e. The summed E-state index contributed by atoms with van der Waals surface area (Å²) >= 11 is 0. The Kier molecular flexibility index (Phi) is 5.30. The van der Waals surface area contributed by atoms with Crippen LogP contribution in [0.15, 0.2) is 12.4 Å². The van der Waals surface area contributed by atoms with Gasteiger partial charge in [0, 0.05) is 24.3 Å². The molecule has 3 nitrogen and oxygen atoms in total. The van der Waals surface area contributed by atoms with Gasteiger partial charge in [-0.2, -0.15) is 18.3 Å². The van der Waals surface area contributed by atoms with Crippen molar-refractivity contribution in [3.63, 3.8) is 0 Å². The van der Waals surface area contributed by atoms with Crippen molar-refractivity contribution in [2.45, 2.75) is 58.3 Å². The Morgan fingerprint density at radius 2 is 2.05 bits per heavy atom. The van der Waals surface area contributed by atoms with E-state index < -0.39 is 18.0 Å². The van der Waals surface area contributed by atoms with Gasteiger partial charge in [0.2, 0.25) is 0 Å². The summed E-state index contributed by atoms with van der Waals surface area (Å²) in [6, 6.07) is -0.262. The van der Waals surface area contributed by atoms with E-state index in [-0.39, 0.29) is 12.5 Å². The minimum absolute atomic E-state index is 0.248. The fraction of sp³-hybridized carbons (Fsp3) is 0.800. The molecule has 3 atom stereocenters. The first-order valence-electron chi connectivity index (χ1n) is 7.79. The molecule has 3 unspecified atom stereocenters. The molecule has 0 aliphatic heterocycles. The number of halogens is 3. The highest BCUT2D eigenvalue weighted by molar-refractivity contribution is 5.13. The monoisotopic (exact) mass is 303 g/mol. The molecular weight excluding hydrogens is 279 g/mol. The Balaban J connectivity index is 2.26. The first-order valence-corrected chi connectivity index (χ1v) is 7.79. The lowest BCUT2D eigenvalue weighted by Crippen LogP contribution is -2.40. The molecule has 0 aromatic carbocycles.